The van der Waals surface area contributed by atoms with Gasteiger partial charge in [-0.2, -0.15) is 0 Å². The highest BCUT2D eigenvalue weighted by atomic mass is 35.5. The molecule has 0 saturated carbocycles. The Balaban J connectivity index is 2.62. The van der Waals surface area contributed by atoms with Crippen molar-refractivity contribution in [1.82, 2.24) is 10.0 Å². The summed E-state index contributed by atoms with van der Waals surface area (Å²) in [7, 11) is 2.52. The molecule has 8 heteroatoms. The molecule has 0 unspecified atom stereocenters. The molecular weight excluding hydrogens is 248 g/mol. The number of carbonyl (C=O) groups is 2. The van der Waals surface area contributed by atoms with Gasteiger partial charge in [-0.25, -0.2) is 0 Å². The molecule has 0 aliphatic carbocycles. The van der Waals surface area contributed by atoms with E-state index in [0.717, 1.165) is 0 Å². The summed E-state index contributed by atoms with van der Waals surface area (Å²) >= 11 is 5.30. The molecule has 78 valence electrons. The van der Waals surface area contributed by atoms with Crippen LogP contribution in [-0.4, -0.2) is 22.9 Å². The fourth-order valence-electron chi connectivity index (χ4n) is 0.733. The van der Waals surface area contributed by atoms with Gasteiger partial charge in [-0.3, -0.25) is 9.59 Å². The lowest BCUT2D eigenvalue weighted by Crippen LogP contribution is -2.23. The Morgan fingerprint density at radius 3 is 2.86 bits per heavy atom. The van der Waals surface area contributed by atoms with E-state index >= 15 is 0 Å². The minimum Gasteiger partial charge on any atom is -0.481 e. The molecule has 0 aromatic heterocycles. The summed E-state index contributed by atoms with van der Waals surface area (Å²) < 4.78 is 2.79. The summed E-state index contributed by atoms with van der Waals surface area (Å²) in [6, 6.07) is 0. The van der Waals surface area contributed by atoms with E-state index in [-0.39, 0.29) is 18.2 Å². The smallest absolute Gasteiger partial charge is 0.309 e. The van der Waals surface area contributed by atoms with Crippen LogP contribution < -0.4 is 10.0 Å². The third kappa shape index (κ3) is 3.32. The van der Waals surface area contributed by atoms with E-state index in [9.17, 15) is 9.59 Å². The predicted octanol–water partition coefficient (Wildman–Crippen LogP) is 0.885. The monoisotopic (exact) mass is 254 g/mol. The molecule has 0 bridgehead atoms. The Morgan fingerprint density at radius 2 is 2.29 bits per heavy atom. The van der Waals surface area contributed by atoms with Crippen LogP contribution in [0, 0.1) is 0 Å². The summed E-state index contributed by atoms with van der Waals surface area (Å²) in [5.74, 6) is -1.44. The van der Waals surface area contributed by atoms with Crippen molar-refractivity contribution >= 4 is 45.3 Å². The molecule has 1 heterocycles. The van der Waals surface area contributed by atoms with Gasteiger partial charge in [0, 0.05) is 11.0 Å². The first-order chi connectivity index (χ1) is 6.63. The molecule has 0 aromatic carbocycles. The van der Waals surface area contributed by atoms with E-state index in [4.69, 9.17) is 16.7 Å². The summed E-state index contributed by atoms with van der Waals surface area (Å²) in [5.41, 5.74) is 0.492. The number of halogens is 1. The van der Waals surface area contributed by atoms with Crippen molar-refractivity contribution in [2.24, 2.45) is 0 Å². The molecule has 0 radical (unpaired) electrons. The zero-order valence-corrected chi connectivity index (χ0v) is 9.26. The number of rotatable bonds is 4. The summed E-state index contributed by atoms with van der Waals surface area (Å²) in [5, 5.41) is 11.6. The maximum Gasteiger partial charge on any atom is 0.309 e. The van der Waals surface area contributed by atoms with Crippen LogP contribution in [0.5, 0.6) is 0 Å². The van der Waals surface area contributed by atoms with Crippen LogP contribution in [0.4, 0.5) is 0 Å². The Hall–Kier alpha value is -0.530. The number of carbonyl (C=O) groups excluding carboxylic acids is 1. The van der Waals surface area contributed by atoms with Crippen molar-refractivity contribution in [3.63, 3.8) is 0 Å². The zero-order chi connectivity index (χ0) is 10.6. The lowest BCUT2D eigenvalue weighted by atomic mass is 10.3. The van der Waals surface area contributed by atoms with Crippen LogP contribution in [0.1, 0.15) is 6.42 Å². The second-order valence-electron chi connectivity index (χ2n) is 2.33. The van der Waals surface area contributed by atoms with Gasteiger partial charge < -0.3 is 15.1 Å². The lowest BCUT2D eigenvalue weighted by molar-refractivity contribution is -0.136. The minimum atomic E-state index is -0.951. The Bertz CT molecular complexity index is 295. The molecule has 1 amide bonds. The molecule has 0 fully saturated rings. The summed E-state index contributed by atoms with van der Waals surface area (Å²) in [6.45, 7) is 0. The highest BCUT2D eigenvalue weighted by Crippen LogP contribution is 2.36. The number of amides is 1. The fraction of sp³-hybridized carbons (Fsp3) is 0.333. The second kappa shape index (κ2) is 5.38. The van der Waals surface area contributed by atoms with E-state index < -0.39 is 5.97 Å². The lowest BCUT2D eigenvalue weighted by Gasteiger charge is -2.03. The maximum absolute atomic E-state index is 10.9. The van der Waals surface area contributed by atoms with Crippen LogP contribution in [0.2, 0.25) is 0 Å². The quantitative estimate of drug-likeness (QED) is 0.393. The zero-order valence-electron chi connectivity index (χ0n) is 6.87. The molecule has 0 aromatic rings. The van der Waals surface area contributed by atoms with Crippen molar-refractivity contribution in [2.75, 3.05) is 5.88 Å². The van der Waals surface area contributed by atoms with Gasteiger partial charge in [0.15, 0.2) is 0 Å². The number of hydrogen-bond acceptors (Lipinski definition) is 5. The van der Waals surface area contributed by atoms with Gasteiger partial charge >= 0.3 is 5.97 Å². The summed E-state index contributed by atoms with van der Waals surface area (Å²) in [6.07, 6.45) is -0.141. The number of carboxylic acids is 1. The number of carboxylic acid groups (broad SMARTS) is 1. The van der Waals surface area contributed by atoms with Crippen LogP contribution in [-0.2, 0) is 9.59 Å². The Labute approximate surface area is 93.2 Å². The van der Waals surface area contributed by atoms with Crippen LogP contribution >= 0.6 is 33.4 Å². The molecule has 3 N–H and O–H groups in total. The number of alkyl halides is 1. The minimum absolute atomic E-state index is 0.141. The van der Waals surface area contributed by atoms with E-state index in [1.165, 1.54) is 21.8 Å². The normalized spacial score (nSPS) is 15.2. The third-order valence-electron chi connectivity index (χ3n) is 1.27. The predicted molar refractivity (Wildman–Crippen MR) is 56.5 cm³/mol. The van der Waals surface area contributed by atoms with Crippen molar-refractivity contribution in [3.05, 3.63) is 10.7 Å². The van der Waals surface area contributed by atoms with Crippen LogP contribution in [0.25, 0.3) is 0 Å². The first kappa shape index (κ1) is 11.5. The molecule has 0 spiro atoms. The Kier molecular flexibility index (Phi) is 4.43. The van der Waals surface area contributed by atoms with Crippen molar-refractivity contribution in [2.45, 2.75) is 6.42 Å². The van der Waals surface area contributed by atoms with Crippen molar-refractivity contribution in [1.29, 1.82) is 0 Å². The summed E-state index contributed by atoms with van der Waals surface area (Å²) in [4.78, 5) is 21.3. The van der Waals surface area contributed by atoms with Gasteiger partial charge in [0.05, 0.1) is 12.1 Å². The van der Waals surface area contributed by atoms with Gasteiger partial charge in [0.25, 0.3) is 0 Å². The average molecular weight is 255 g/mol. The van der Waals surface area contributed by atoms with Gasteiger partial charge in [0.1, 0.15) is 10.9 Å². The van der Waals surface area contributed by atoms with Gasteiger partial charge in [0.2, 0.25) is 5.91 Å². The van der Waals surface area contributed by atoms with E-state index in [2.05, 4.69) is 10.0 Å². The molecule has 1 aliphatic heterocycles. The van der Waals surface area contributed by atoms with Gasteiger partial charge in [-0.15, -0.1) is 11.6 Å². The van der Waals surface area contributed by atoms with Crippen LogP contribution in [0.15, 0.2) is 10.7 Å². The first-order valence-corrected chi connectivity index (χ1v) is 6.22. The SMILES string of the molecule is O=C(O)CC1=C(NC(=O)CCl)SSN1. The number of hydrogen-bond donors (Lipinski definition) is 3. The van der Waals surface area contributed by atoms with Crippen molar-refractivity contribution < 1.29 is 14.7 Å². The third-order valence-corrected chi connectivity index (χ3v) is 3.44. The molecule has 5 nitrogen and oxygen atoms in total. The van der Waals surface area contributed by atoms with E-state index in [0.29, 0.717) is 10.7 Å². The molecule has 0 atom stereocenters. The van der Waals surface area contributed by atoms with E-state index in [1.54, 1.807) is 0 Å². The number of nitrogens with one attached hydrogen (secondary N) is 2. The number of aliphatic carboxylic acids is 1. The molecule has 1 aliphatic rings. The average Bonchev–Trinajstić information content (AvgIpc) is 2.52. The standard InChI is InChI=1S/C6H7ClN2O3S2/c7-2-4(10)8-6-3(1-5(11)12)9-14-13-6/h9H,1-2H2,(H,8,10)(H,11,12). The molecule has 1 rings (SSSR count). The second-order valence-corrected chi connectivity index (χ2v) is 4.54. The highest BCUT2D eigenvalue weighted by Gasteiger charge is 2.19. The van der Waals surface area contributed by atoms with Gasteiger partial charge in [-0.05, 0) is 10.8 Å². The molecule has 0 saturated heterocycles. The fourth-order valence-corrected chi connectivity index (χ4v) is 2.75. The highest BCUT2D eigenvalue weighted by molar-refractivity contribution is 8.77. The van der Waals surface area contributed by atoms with Crippen LogP contribution in [0.3, 0.4) is 0 Å². The van der Waals surface area contributed by atoms with Crippen molar-refractivity contribution in [3.8, 4) is 0 Å². The topological polar surface area (TPSA) is 78.4 Å². The maximum atomic E-state index is 10.9. The van der Waals surface area contributed by atoms with E-state index in [1.807, 2.05) is 0 Å². The van der Waals surface area contributed by atoms with Gasteiger partial charge in [-0.1, -0.05) is 0 Å². The first-order valence-electron chi connectivity index (χ1n) is 3.53. The Morgan fingerprint density at radius 1 is 1.57 bits per heavy atom. The molecule has 14 heavy (non-hydrogen) atoms. The molecular formula is C6H7ClN2O3S2. The largest absolute Gasteiger partial charge is 0.481 e.